The standard InChI is InChI=1S/C14H19N3OS/c1-10-4-6-11(7-5-10)16-13(18)9-17-8-2-3-12(17)14(15)19/h4-7,12H,2-3,8-9H2,1H3,(H2,15,19)(H,16,18). The second-order valence-corrected chi connectivity index (χ2v) is 5.42. The van der Waals surface area contributed by atoms with Crippen molar-refractivity contribution in [3.05, 3.63) is 29.8 Å². The third-order valence-electron chi connectivity index (χ3n) is 3.37. The van der Waals surface area contributed by atoms with E-state index in [1.807, 2.05) is 36.1 Å². The number of carbonyl (C=O) groups excluding carboxylic acids is 1. The van der Waals surface area contributed by atoms with Crippen LogP contribution in [0.2, 0.25) is 0 Å². The molecule has 5 heteroatoms. The number of hydrogen-bond acceptors (Lipinski definition) is 3. The van der Waals surface area contributed by atoms with Crippen LogP contribution in [0.4, 0.5) is 5.69 Å². The summed E-state index contributed by atoms with van der Waals surface area (Å²) in [6, 6.07) is 7.83. The van der Waals surface area contributed by atoms with Gasteiger partial charge in [-0.1, -0.05) is 29.9 Å². The smallest absolute Gasteiger partial charge is 0.238 e. The predicted octanol–water partition coefficient (Wildman–Crippen LogP) is 1.68. The van der Waals surface area contributed by atoms with Crippen molar-refractivity contribution in [3.63, 3.8) is 0 Å². The van der Waals surface area contributed by atoms with Gasteiger partial charge < -0.3 is 11.1 Å². The van der Waals surface area contributed by atoms with Gasteiger partial charge in [-0.15, -0.1) is 0 Å². The van der Waals surface area contributed by atoms with Gasteiger partial charge in [-0.05, 0) is 38.4 Å². The first-order chi connectivity index (χ1) is 9.06. The normalized spacial score (nSPS) is 19.3. The van der Waals surface area contributed by atoms with Crippen LogP contribution in [0.15, 0.2) is 24.3 Å². The van der Waals surface area contributed by atoms with Crippen molar-refractivity contribution < 1.29 is 4.79 Å². The number of amides is 1. The van der Waals surface area contributed by atoms with Gasteiger partial charge in [0.05, 0.1) is 17.6 Å². The number of anilines is 1. The molecule has 3 N–H and O–H groups in total. The Bertz CT molecular complexity index is 472. The van der Waals surface area contributed by atoms with E-state index in [1.165, 1.54) is 5.56 Å². The highest BCUT2D eigenvalue weighted by Crippen LogP contribution is 2.17. The molecule has 0 saturated carbocycles. The minimum Gasteiger partial charge on any atom is -0.392 e. The molecule has 0 aliphatic carbocycles. The van der Waals surface area contributed by atoms with Gasteiger partial charge >= 0.3 is 0 Å². The number of nitrogens with zero attached hydrogens (tertiary/aromatic N) is 1. The molecule has 1 unspecified atom stereocenters. The SMILES string of the molecule is Cc1ccc(NC(=O)CN2CCCC2C(N)=S)cc1. The number of thiocarbonyl (C=S) groups is 1. The van der Waals surface area contributed by atoms with Crippen molar-refractivity contribution in [2.75, 3.05) is 18.4 Å². The van der Waals surface area contributed by atoms with Gasteiger partial charge in [0.1, 0.15) is 0 Å². The summed E-state index contributed by atoms with van der Waals surface area (Å²) in [5, 5.41) is 2.89. The Kier molecular flexibility index (Phi) is 4.50. The largest absolute Gasteiger partial charge is 0.392 e. The number of nitrogens with one attached hydrogen (secondary N) is 1. The minimum absolute atomic E-state index is 0.0213. The van der Waals surface area contributed by atoms with Gasteiger partial charge in [0.15, 0.2) is 0 Å². The van der Waals surface area contributed by atoms with Gasteiger partial charge in [0.2, 0.25) is 5.91 Å². The molecule has 0 radical (unpaired) electrons. The Morgan fingerprint density at radius 3 is 2.79 bits per heavy atom. The second kappa shape index (κ2) is 6.12. The van der Waals surface area contributed by atoms with Crippen molar-refractivity contribution in [2.24, 2.45) is 5.73 Å². The lowest BCUT2D eigenvalue weighted by molar-refractivity contribution is -0.117. The summed E-state index contributed by atoms with van der Waals surface area (Å²) in [4.78, 5) is 14.5. The summed E-state index contributed by atoms with van der Waals surface area (Å²) < 4.78 is 0. The van der Waals surface area contributed by atoms with E-state index in [-0.39, 0.29) is 11.9 Å². The van der Waals surface area contributed by atoms with Crippen LogP contribution in [0.1, 0.15) is 18.4 Å². The third kappa shape index (κ3) is 3.75. The first-order valence-electron chi connectivity index (χ1n) is 6.46. The first-order valence-corrected chi connectivity index (χ1v) is 6.87. The lowest BCUT2D eigenvalue weighted by atomic mass is 10.2. The van der Waals surface area contributed by atoms with Crippen LogP contribution in [0.25, 0.3) is 0 Å². The molecule has 1 saturated heterocycles. The van der Waals surface area contributed by atoms with E-state index in [0.29, 0.717) is 11.5 Å². The second-order valence-electron chi connectivity index (χ2n) is 4.95. The molecule has 1 amide bonds. The molecule has 0 spiro atoms. The molecule has 1 aromatic rings. The summed E-state index contributed by atoms with van der Waals surface area (Å²) >= 11 is 5.03. The fourth-order valence-corrected chi connectivity index (χ4v) is 2.63. The van der Waals surface area contributed by atoms with Crippen molar-refractivity contribution in [2.45, 2.75) is 25.8 Å². The molecule has 1 aliphatic rings. The van der Waals surface area contributed by atoms with Crippen LogP contribution >= 0.6 is 12.2 Å². The Labute approximate surface area is 119 Å². The molecule has 1 heterocycles. The first kappa shape index (κ1) is 14.0. The molecule has 4 nitrogen and oxygen atoms in total. The predicted molar refractivity (Wildman–Crippen MR) is 81.2 cm³/mol. The van der Waals surface area contributed by atoms with Crippen LogP contribution in [-0.4, -0.2) is 34.9 Å². The highest BCUT2D eigenvalue weighted by molar-refractivity contribution is 7.80. The van der Waals surface area contributed by atoms with Crippen LogP contribution in [-0.2, 0) is 4.79 Å². The number of carbonyl (C=O) groups is 1. The Morgan fingerprint density at radius 2 is 2.16 bits per heavy atom. The minimum atomic E-state index is -0.0213. The van der Waals surface area contributed by atoms with Gasteiger partial charge in [-0.2, -0.15) is 0 Å². The lowest BCUT2D eigenvalue weighted by Crippen LogP contribution is -2.43. The van der Waals surface area contributed by atoms with E-state index < -0.39 is 0 Å². The van der Waals surface area contributed by atoms with E-state index in [2.05, 4.69) is 5.32 Å². The summed E-state index contributed by atoms with van der Waals surface area (Å²) in [5.41, 5.74) is 7.68. The van der Waals surface area contributed by atoms with Gasteiger partial charge in [0, 0.05) is 5.69 Å². The van der Waals surface area contributed by atoms with Crippen molar-refractivity contribution in [1.29, 1.82) is 0 Å². The fourth-order valence-electron chi connectivity index (χ4n) is 2.36. The summed E-state index contributed by atoms with van der Waals surface area (Å²) in [6.45, 7) is 3.24. The monoisotopic (exact) mass is 277 g/mol. The van der Waals surface area contributed by atoms with Gasteiger partial charge in [-0.3, -0.25) is 9.69 Å². The Morgan fingerprint density at radius 1 is 1.47 bits per heavy atom. The van der Waals surface area contributed by atoms with Crippen molar-refractivity contribution in [1.82, 2.24) is 4.90 Å². The molecule has 1 fully saturated rings. The average Bonchev–Trinajstić information content (AvgIpc) is 2.80. The highest BCUT2D eigenvalue weighted by atomic mass is 32.1. The summed E-state index contributed by atoms with van der Waals surface area (Å²) in [6.07, 6.45) is 1.99. The Hall–Kier alpha value is -1.46. The van der Waals surface area contributed by atoms with Crippen LogP contribution in [0.3, 0.4) is 0 Å². The number of aryl methyl sites for hydroxylation is 1. The van der Waals surface area contributed by atoms with E-state index in [1.54, 1.807) is 0 Å². The summed E-state index contributed by atoms with van der Waals surface area (Å²) in [5.74, 6) is -0.0213. The summed E-state index contributed by atoms with van der Waals surface area (Å²) in [7, 11) is 0. The number of rotatable bonds is 4. The number of nitrogens with two attached hydrogens (primary N) is 1. The Balaban J connectivity index is 1.90. The molecular formula is C14H19N3OS. The maximum atomic E-state index is 12.0. The van der Waals surface area contributed by atoms with E-state index in [4.69, 9.17) is 18.0 Å². The molecule has 1 aliphatic heterocycles. The maximum absolute atomic E-state index is 12.0. The fraction of sp³-hybridized carbons (Fsp3) is 0.429. The zero-order valence-electron chi connectivity index (χ0n) is 11.1. The van der Waals surface area contributed by atoms with Crippen molar-refractivity contribution >= 4 is 28.8 Å². The molecule has 1 aromatic carbocycles. The lowest BCUT2D eigenvalue weighted by Gasteiger charge is -2.22. The zero-order chi connectivity index (χ0) is 13.8. The van der Waals surface area contributed by atoms with E-state index in [9.17, 15) is 4.79 Å². The molecule has 19 heavy (non-hydrogen) atoms. The highest BCUT2D eigenvalue weighted by Gasteiger charge is 2.27. The van der Waals surface area contributed by atoms with Crippen LogP contribution in [0.5, 0.6) is 0 Å². The van der Waals surface area contributed by atoms with Crippen molar-refractivity contribution in [3.8, 4) is 0 Å². The zero-order valence-corrected chi connectivity index (χ0v) is 11.9. The number of likely N-dealkylation sites (tertiary alicyclic amines) is 1. The number of benzene rings is 1. The van der Waals surface area contributed by atoms with E-state index in [0.717, 1.165) is 25.1 Å². The molecule has 0 aromatic heterocycles. The van der Waals surface area contributed by atoms with Crippen LogP contribution < -0.4 is 11.1 Å². The van der Waals surface area contributed by atoms with E-state index >= 15 is 0 Å². The van der Waals surface area contributed by atoms with Gasteiger partial charge in [0.25, 0.3) is 0 Å². The molecular weight excluding hydrogens is 258 g/mol. The maximum Gasteiger partial charge on any atom is 0.238 e. The van der Waals surface area contributed by atoms with Crippen LogP contribution in [0, 0.1) is 6.92 Å². The van der Waals surface area contributed by atoms with Gasteiger partial charge in [-0.25, -0.2) is 0 Å². The molecule has 2 rings (SSSR count). The quantitative estimate of drug-likeness (QED) is 0.822. The molecule has 0 bridgehead atoms. The average molecular weight is 277 g/mol. The molecule has 1 atom stereocenters. The topological polar surface area (TPSA) is 58.4 Å². The third-order valence-corrected chi connectivity index (χ3v) is 3.65. The molecule has 102 valence electrons. The number of hydrogen-bond donors (Lipinski definition) is 2.